The summed E-state index contributed by atoms with van der Waals surface area (Å²) >= 11 is 0. The third-order valence-corrected chi connectivity index (χ3v) is 6.11. The highest BCUT2D eigenvalue weighted by molar-refractivity contribution is 5.94. The number of hydrogen-bond acceptors (Lipinski definition) is 7. The number of hydrogen-bond donors (Lipinski definition) is 0. The van der Waals surface area contributed by atoms with Crippen LogP contribution in [0.4, 0.5) is 0 Å². The Bertz CT molecular complexity index is 1280. The van der Waals surface area contributed by atoms with Crippen LogP contribution in [-0.2, 0) is 6.54 Å². The quantitative estimate of drug-likeness (QED) is 0.455. The van der Waals surface area contributed by atoms with Crippen molar-refractivity contribution in [1.82, 2.24) is 34.7 Å². The molecule has 0 bridgehead atoms. The molecule has 34 heavy (non-hydrogen) atoms. The van der Waals surface area contributed by atoms with E-state index in [0.717, 1.165) is 43.1 Å². The Labute approximate surface area is 198 Å². The molecule has 0 aliphatic carbocycles. The van der Waals surface area contributed by atoms with Gasteiger partial charge in [0.1, 0.15) is 5.82 Å². The third kappa shape index (κ3) is 4.60. The summed E-state index contributed by atoms with van der Waals surface area (Å²) in [6, 6.07) is 15.6. The number of carbonyl (C=O) groups excluding carboxylic acids is 1. The van der Waals surface area contributed by atoms with Crippen LogP contribution >= 0.6 is 0 Å². The van der Waals surface area contributed by atoms with Gasteiger partial charge in [-0.15, -0.1) is 5.10 Å². The Morgan fingerprint density at radius 1 is 0.912 bits per heavy atom. The summed E-state index contributed by atoms with van der Waals surface area (Å²) in [7, 11) is 2.08. The molecule has 3 heterocycles. The first-order valence-electron chi connectivity index (χ1n) is 11.4. The molecular weight excluding hydrogens is 430 g/mol. The van der Waals surface area contributed by atoms with Gasteiger partial charge >= 0.3 is 0 Å². The Kier molecular flexibility index (Phi) is 5.93. The van der Waals surface area contributed by atoms with E-state index in [9.17, 15) is 4.79 Å². The van der Waals surface area contributed by atoms with Gasteiger partial charge in [-0.05, 0) is 38.6 Å². The molecule has 1 amide bonds. The molecule has 0 spiro atoms. The van der Waals surface area contributed by atoms with Gasteiger partial charge in [0.25, 0.3) is 11.8 Å². The van der Waals surface area contributed by atoms with Crippen LogP contribution in [0.3, 0.4) is 0 Å². The lowest BCUT2D eigenvalue weighted by atomic mass is 10.1. The highest BCUT2D eigenvalue weighted by Crippen LogP contribution is 2.21. The van der Waals surface area contributed by atoms with Crippen LogP contribution in [0.1, 0.15) is 27.3 Å². The molecule has 4 aromatic rings. The van der Waals surface area contributed by atoms with Crippen LogP contribution in [0.15, 0.2) is 53.1 Å². The average Bonchev–Trinajstić information content (AvgIpc) is 3.47. The van der Waals surface area contributed by atoms with Crippen LogP contribution in [0, 0.1) is 13.8 Å². The Morgan fingerprint density at radius 3 is 2.32 bits per heavy atom. The fraction of sp³-hybridized carbons (Fsp3) is 0.320. The molecule has 0 radical (unpaired) electrons. The first kappa shape index (κ1) is 22.0. The fourth-order valence-corrected chi connectivity index (χ4v) is 3.91. The number of aryl methyl sites for hydroxylation is 2. The summed E-state index contributed by atoms with van der Waals surface area (Å²) in [5.74, 6) is 2.00. The van der Waals surface area contributed by atoms with E-state index in [4.69, 9.17) is 4.52 Å². The number of benzene rings is 2. The summed E-state index contributed by atoms with van der Waals surface area (Å²) in [6.07, 6.45) is 0. The zero-order chi connectivity index (χ0) is 23.7. The van der Waals surface area contributed by atoms with E-state index in [-0.39, 0.29) is 11.8 Å². The van der Waals surface area contributed by atoms with Gasteiger partial charge in [-0.1, -0.05) is 47.1 Å². The number of aromatic nitrogens is 5. The standard InChI is InChI=1S/C25H27N7O2/c1-17-4-8-20(9-5-17)22-27-24(34-29-22)23-26-18(2)32(28-23)16-19-6-10-21(11-7-19)25(33)31-14-12-30(3)13-15-31/h4-11H,12-16H2,1-3H3. The Morgan fingerprint density at radius 2 is 1.62 bits per heavy atom. The van der Waals surface area contributed by atoms with Crippen LogP contribution < -0.4 is 0 Å². The second kappa shape index (κ2) is 9.18. The second-order valence-electron chi connectivity index (χ2n) is 8.72. The number of nitrogens with zero attached hydrogens (tertiary/aromatic N) is 7. The van der Waals surface area contributed by atoms with Crippen molar-refractivity contribution in [3.05, 3.63) is 71.0 Å². The van der Waals surface area contributed by atoms with E-state index >= 15 is 0 Å². The number of carbonyl (C=O) groups is 1. The molecule has 0 unspecified atom stereocenters. The molecule has 0 saturated carbocycles. The molecule has 9 nitrogen and oxygen atoms in total. The average molecular weight is 458 g/mol. The SMILES string of the molecule is Cc1ccc(-c2noc(-c3nc(C)n(Cc4ccc(C(=O)N5CCN(C)CC5)cc4)n3)n2)cc1. The molecule has 2 aromatic carbocycles. The largest absolute Gasteiger partial charge is 0.336 e. The highest BCUT2D eigenvalue weighted by Gasteiger charge is 2.20. The second-order valence-corrected chi connectivity index (χ2v) is 8.72. The predicted molar refractivity (Wildman–Crippen MR) is 127 cm³/mol. The van der Waals surface area contributed by atoms with Gasteiger partial charge in [-0.2, -0.15) is 4.98 Å². The molecular formula is C25H27N7O2. The fourth-order valence-electron chi connectivity index (χ4n) is 3.91. The first-order valence-corrected chi connectivity index (χ1v) is 11.4. The lowest BCUT2D eigenvalue weighted by Gasteiger charge is -2.32. The lowest BCUT2D eigenvalue weighted by molar-refractivity contribution is 0.0664. The van der Waals surface area contributed by atoms with Gasteiger partial charge in [0.2, 0.25) is 11.6 Å². The lowest BCUT2D eigenvalue weighted by Crippen LogP contribution is -2.47. The normalized spacial score (nSPS) is 14.5. The minimum absolute atomic E-state index is 0.0830. The number of amides is 1. The van der Waals surface area contributed by atoms with Crippen molar-refractivity contribution in [2.45, 2.75) is 20.4 Å². The van der Waals surface area contributed by atoms with E-state index in [1.54, 1.807) is 4.68 Å². The van der Waals surface area contributed by atoms with Crippen molar-refractivity contribution >= 4 is 5.91 Å². The minimum atomic E-state index is 0.0830. The van der Waals surface area contributed by atoms with E-state index in [0.29, 0.717) is 23.8 Å². The molecule has 1 aliphatic heterocycles. The number of likely N-dealkylation sites (N-methyl/N-ethyl adjacent to an activating group) is 1. The van der Waals surface area contributed by atoms with E-state index in [2.05, 4.69) is 32.2 Å². The molecule has 0 atom stereocenters. The molecule has 1 fully saturated rings. The maximum Gasteiger partial charge on any atom is 0.297 e. The van der Waals surface area contributed by atoms with Crippen molar-refractivity contribution in [2.75, 3.05) is 33.2 Å². The summed E-state index contributed by atoms with van der Waals surface area (Å²) in [5.41, 5.74) is 3.78. The van der Waals surface area contributed by atoms with Gasteiger partial charge in [-0.3, -0.25) is 4.79 Å². The van der Waals surface area contributed by atoms with Crippen molar-refractivity contribution in [3.63, 3.8) is 0 Å². The van der Waals surface area contributed by atoms with Crippen LogP contribution in [0.2, 0.25) is 0 Å². The van der Waals surface area contributed by atoms with Gasteiger partial charge in [0, 0.05) is 37.3 Å². The Hall–Kier alpha value is -3.85. The predicted octanol–water partition coefficient (Wildman–Crippen LogP) is 3.05. The molecule has 2 aromatic heterocycles. The van der Waals surface area contributed by atoms with Crippen molar-refractivity contribution in [2.24, 2.45) is 0 Å². The molecule has 5 rings (SSSR count). The highest BCUT2D eigenvalue weighted by atomic mass is 16.5. The van der Waals surface area contributed by atoms with E-state index in [1.165, 1.54) is 5.56 Å². The molecule has 1 aliphatic rings. The zero-order valence-electron chi connectivity index (χ0n) is 19.6. The van der Waals surface area contributed by atoms with Crippen molar-refractivity contribution < 1.29 is 9.32 Å². The monoisotopic (exact) mass is 457 g/mol. The molecule has 174 valence electrons. The van der Waals surface area contributed by atoms with Gasteiger partial charge in [0.15, 0.2) is 0 Å². The first-order chi connectivity index (χ1) is 16.5. The van der Waals surface area contributed by atoms with Crippen molar-refractivity contribution in [1.29, 1.82) is 0 Å². The van der Waals surface area contributed by atoms with Crippen molar-refractivity contribution in [3.8, 4) is 23.1 Å². The number of rotatable bonds is 5. The third-order valence-electron chi connectivity index (χ3n) is 6.11. The summed E-state index contributed by atoms with van der Waals surface area (Å²) in [4.78, 5) is 25.9. The summed E-state index contributed by atoms with van der Waals surface area (Å²) < 4.78 is 7.21. The van der Waals surface area contributed by atoms with Gasteiger partial charge in [-0.25, -0.2) is 9.67 Å². The van der Waals surface area contributed by atoms with Gasteiger partial charge < -0.3 is 14.3 Å². The van der Waals surface area contributed by atoms with Crippen LogP contribution in [0.5, 0.6) is 0 Å². The summed E-state index contributed by atoms with van der Waals surface area (Å²) in [5, 5.41) is 8.63. The maximum atomic E-state index is 12.8. The van der Waals surface area contributed by atoms with E-state index in [1.807, 2.05) is 67.3 Å². The molecule has 0 N–H and O–H groups in total. The maximum absolute atomic E-state index is 12.8. The smallest absolute Gasteiger partial charge is 0.297 e. The van der Waals surface area contributed by atoms with Gasteiger partial charge in [0.05, 0.1) is 6.54 Å². The van der Waals surface area contributed by atoms with Crippen LogP contribution in [0.25, 0.3) is 23.1 Å². The van der Waals surface area contributed by atoms with E-state index < -0.39 is 0 Å². The summed E-state index contributed by atoms with van der Waals surface area (Å²) in [6.45, 7) is 7.79. The molecule has 9 heteroatoms. The zero-order valence-corrected chi connectivity index (χ0v) is 19.6. The Balaban J connectivity index is 1.27. The number of piperazine rings is 1. The van der Waals surface area contributed by atoms with Crippen LogP contribution in [-0.4, -0.2) is 73.8 Å². The minimum Gasteiger partial charge on any atom is -0.336 e. The topological polar surface area (TPSA) is 93.2 Å². The molecule has 1 saturated heterocycles.